The van der Waals surface area contributed by atoms with Gasteiger partial charge < -0.3 is 9.88 Å². The molecule has 1 aliphatic carbocycles. The molecule has 116 valence electrons. The van der Waals surface area contributed by atoms with Crippen LogP contribution in [0.1, 0.15) is 24.8 Å². The van der Waals surface area contributed by atoms with Gasteiger partial charge in [0.25, 0.3) is 0 Å². The van der Waals surface area contributed by atoms with Crippen molar-refractivity contribution < 1.29 is 4.79 Å². The zero-order valence-corrected chi connectivity index (χ0v) is 13.7. The zero-order chi connectivity index (χ0) is 15.7. The molecule has 0 radical (unpaired) electrons. The predicted octanol–water partition coefficient (Wildman–Crippen LogP) is 3.50. The maximum Gasteiger partial charge on any atom is 0.224 e. The first-order valence-corrected chi connectivity index (χ1v) is 8.02. The molecule has 1 N–H and O–H groups in total. The first-order valence-electron chi connectivity index (χ1n) is 7.26. The van der Waals surface area contributed by atoms with Crippen molar-refractivity contribution >= 4 is 29.1 Å². The smallest absolute Gasteiger partial charge is 0.224 e. The molecule has 1 saturated carbocycles. The van der Waals surface area contributed by atoms with Gasteiger partial charge in [-0.3, -0.25) is 4.79 Å². The first-order chi connectivity index (χ1) is 10.6. The minimum Gasteiger partial charge on any atom is -0.352 e. The average Bonchev–Trinajstić information content (AvgIpc) is 3.11. The molecule has 0 aliphatic heterocycles. The van der Waals surface area contributed by atoms with Gasteiger partial charge in [0.2, 0.25) is 5.91 Å². The summed E-state index contributed by atoms with van der Waals surface area (Å²) >= 11 is 12.3. The van der Waals surface area contributed by atoms with Crippen molar-refractivity contribution in [1.82, 2.24) is 14.9 Å². The van der Waals surface area contributed by atoms with E-state index in [0.717, 1.165) is 12.0 Å². The van der Waals surface area contributed by atoms with Crippen molar-refractivity contribution in [3.8, 4) is 0 Å². The summed E-state index contributed by atoms with van der Waals surface area (Å²) in [5.41, 5.74) is 0.969. The molecule has 3 atom stereocenters. The van der Waals surface area contributed by atoms with E-state index in [4.69, 9.17) is 23.2 Å². The summed E-state index contributed by atoms with van der Waals surface area (Å²) in [6, 6.07) is 5.63. The SMILES string of the molecule is C[C@H](Cn1ccnc1)NC(=O)[C@@H]1C[C@H]1c1cccc(Cl)c1Cl. The van der Waals surface area contributed by atoms with Gasteiger partial charge in [-0.2, -0.15) is 0 Å². The highest BCUT2D eigenvalue weighted by Gasteiger charge is 2.45. The van der Waals surface area contributed by atoms with Crippen LogP contribution < -0.4 is 5.32 Å². The highest BCUT2D eigenvalue weighted by atomic mass is 35.5. The predicted molar refractivity (Wildman–Crippen MR) is 87.1 cm³/mol. The molecule has 4 nitrogen and oxygen atoms in total. The molecule has 0 spiro atoms. The molecule has 0 bridgehead atoms. The van der Waals surface area contributed by atoms with E-state index in [9.17, 15) is 4.79 Å². The number of carbonyl (C=O) groups is 1. The van der Waals surface area contributed by atoms with Crippen LogP contribution in [0.25, 0.3) is 0 Å². The van der Waals surface area contributed by atoms with Crippen LogP contribution in [0.2, 0.25) is 10.0 Å². The molecule has 1 amide bonds. The number of amides is 1. The van der Waals surface area contributed by atoms with Crippen LogP contribution in [0.15, 0.2) is 36.9 Å². The summed E-state index contributed by atoms with van der Waals surface area (Å²) in [6.07, 6.45) is 6.18. The van der Waals surface area contributed by atoms with Crippen LogP contribution in [0.3, 0.4) is 0 Å². The topological polar surface area (TPSA) is 46.9 Å². The van der Waals surface area contributed by atoms with Gasteiger partial charge in [0.15, 0.2) is 0 Å². The third kappa shape index (κ3) is 3.28. The second-order valence-electron chi connectivity index (χ2n) is 5.76. The fourth-order valence-electron chi connectivity index (χ4n) is 2.74. The van der Waals surface area contributed by atoms with Crippen LogP contribution >= 0.6 is 23.2 Å². The molecule has 1 fully saturated rings. The summed E-state index contributed by atoms with van der Waals surface area (Å²) in [4.78, 5) is 16.3. The van der Waals surface area contributed by atoms with Crippen LogP contribution in [0.5, 0.6) is 0 Å². The van der Waals surface area contributed by atoms with Gasteiger partial charge in [-0.25, -0.2) is 4.98 Å². The highest BCUT2D eigenvalue weighted by molar-refractivity contribution is 6.42. The number of nitrogens with one attached hydrogen (secondary N) is 1. The second-order valence-corrected chi connectivity index (χ2v) is 6.55. The van der Waals surface area contributed by atoms with E-state index in [1.807, 2.05) is 29.8 Å². The average molecular weight is 338 g/mol. The van der Waals surface area contributed by atoms with Gasteiger partial charge in [-0.15, -0.1) is 0 Å². The van der Waals surface area contributed by atoms with E-state index in [1.165, 1.54) is 0 Å². The fraction of sp³-hybridized carbons (Fsp3) is 0.375. The highest BCUT2D eigenvalue weighted by Crippen LogP contribution is 2.50. The van der Waals surface area contributed by atoms with Crippen LogP contribution in [0, 0.1) is 5.92 Å². The fourth-order valence-corrected chi connectivity index (χ4v) is 3.19. The van der Waals surface area contributed by atoms with Gasteiger partial charge in [-0.1, -0.05) is 35.3 Å². The minimum absolute atomic E-state index is 0.0128. The maximum absolute atomic E-state index is 12.3. The van der Waals surface area contributed by atoms with Gasteiger partial charge in [0, 0.05) is 30.9 Å². The Morgan fingerprint density at radius 3 is 3.05 bits per heavy atom. The van der Waals surface area contributed by atoms with E-state index in [0.29, 0.717) is 16.6 Å². The molecule has 0 saturated heterocycles. The summed E-state index contributed by atoms with van der Waals surface area (Å²) in [5, 5.41) is 4.16. The van der Waals surface area contributed by atoms with Gasteiger partial charge >= 0.3 is 0 Å². The molecule has 1 heterocycles. The third-order valence-corrected chi connectivity index (χ3v) is 4.77. The van der Waals surface area contributed by atoms with E-state index >= 15 is 0 Å². The van der Waals surface area contributed by atoms with Crippen molar-refractivity contribution in [1.29, 1.82) is 0 Å². The normalized spacial score (nSPS) is 21.4. The lowest BCUT2D eigenvalue weighted by molar-refractivity contribution is -0.123. The van der Waals surface area contributed by atoms with Crippen LogP contribution in [-0.2, 0) is 11.3 Å². The maximum atomic E-state index is 12.3. The molecule has 6 heteroatoms. The zero-order valence-electron chi connectivity index (χ0n) is 12.2. The van der Waals surface area contributed by atoms with Gasteiger partial charge in [0.1, 0.15) is 0 Å². The quantitative estimate of drug-likeness (QED) is 0.907. The standard InChI is InChI=1S/C16H17Cl2N3O/c1-10(8-21-6-5-19-9-21)20-16(22)13-7-12(13)11-3-2-4-14(17)15(11)18/h2-6,9-10,12-13H,7-8H2,1H3,(H,20,22)/t10-,12+,13-/m1/s1. The van der Waals surface area contributed by atoms with E-state index in [1.54, 1.807) is 18.6 Å². The number of imidazole rings is 1. The lowest BCUT2D eigenvalue weighted by Gasteiger charge is -2.14. The summed E-state index contributed by atoms with van der Waals surface area (Å²) < 4.78 is 1.95. The Balaban J connectivity index is 1.57. The van der Waals surface area contributed by atoms with Crippen molar-refractivity contribution in [3.05, 3.63) is 52.5 Å². The number of aromatic nitrogens is 2. The number of hydrogen-bond acceptors (Lipinski definition) is 2. The van der Waals surface area contributed by atoms with E-state index in [2.05, 4.69) is 10.3 Å². The Morgan fingerprint density at radius 1 is 1.50 bits per heavy atom. The second kappa shape index (κ2) is 6.31. The summed E-state index contributed by atoms with van der Waals surface area (Å²) in [7, 11) is 0. The molecule has 22 heavy (non-hydrogen) atoms. The van der Waals surface area contributed by atoms with Crippen molar-refractivity contribution in [2.24, 2.45) is 5.92 Å². The largest absolute Gasteiger partial charge is 0.352 e. The van der Waals surface area contributed by atoms with Crippen molar-refractivity contribution in [2.45, 2.75) is 31.8 Å². The number of benzene rings is 1. The number of halogens is 2. The Kier molecular flexibility index (Phi) is 4.41. The van der Waals surface area contributed by atoms with Gasteiger partial charge in [-0.05, 0) is 30.9 Å². The molecular weight excluding hydrogens is 321 g/mol. The van der Waals surface area contributed by atoms with Crippen LogP contribution in [0.4, 0.5) is 0 Å². The summed E-state index contributed by atoms with van der Waals surface area (Å²) in [5.74, 6) is 0.238. The summed E-state index contributed by atoms with van der Waals surface area (Å²) in [6.45, 7) is 2.70. The number of rotatable bonds is 5. The van der Waals surface area contributed by atoms with Crippen molar-refractivity contribution in [2.75, 3.05) is 0 Å². The number of hydrogen-bond donors (Lipinski definition) is 1. The number of nitrogens with zero attached hydrogens (tertiary/aromatic N) is 2. The minimum atomic E-state index is -0.0128. The Bertz CT molecular complexity index is 672. The molecule has 3 rings (SSSR count). The lowest BCUT2D eigenvalue weighted by Crippen LogP contribution is -2.36. The third-order valence-electron chi connectivity index (χ3n) is 3.94. The van der Waals surface area contributed by atoms with E-state index in [-0.39, 0.29) is 23.8 Å². The van der Waals surface area contributed by atoms with Gasteiger partial charge in [0.05, 0.1) is 16.4 Å². The molecule has 1 aromatic carbocycles. The lowest BCUT2D eigenvalue weighted by atomic mass is 10.1. The monoisotopic (exact) mass is 337 g/mol. The molecule has 1 aliphatic rings. The van der Waals surface area contributed by atoms with Crippen molar-refractivity contribution in [3.63, 3.8) is 0 Å². The van der Waals surface area contributed by atoms with E-state index < -0.39 is 0 Å². The first kappa shape index (κ1) is 15.4. The Labute approximate surface area is 139 Å². The molecule has 0 unspecified atom stereocenters. The van der Waals surface area contributed by atoms with Crippen LogP contribution in [-0.4, -0.2) is 21.5 Å². The molecule has 2 aromatic rings. The molecular formula is C16H17Cl2N3O. The Morgan fingerprint density at radius 2 is 2.32 bits per heavy atom. The molecule has 1 aromatic heterocycles. The number of carbonyl (C=O) groups excluding carboxylic acids is 1. The Hall–Kier alpha value is -1.52.